The Morgan fingerprint density at radius 1 is 1.38 bits per heavy atom. The van der Waals surface area contributed by atoms with Crippen LogP contribution in [0.5, 0.6) is 0 Å². The second-order valence-corrected chi connectivity index (χ2v) is 3.97. The number of carbonyl (C=O) groups excluding carboxylic acids is 1. The lowest BCUT2D eigenvalue weighted by atomic mass is 10.2. The first-order valence-electron chi connectivity index (χ1n) is 5.76. The Labute approximate surface area is 118 Å². The summed E-state index contributed by atoms with van der Waals surface area (Å²) in [5.41, 5.74) is 0.00824. The van der Waals surface area contributed by atoms with Crippen molar-refractivity contribution in [1.82, 2.24) is 4.98 Å². The second kappa shape index (κ2) is 5.95. The van der Waals surface area contributed by atoms with E-state index in [2.05, 4.69) is 15.0 Å². The number of carbonyl (C=O) groups is 1. The number of nitro groups is 1. The maximum Gasteiger partial charge on any atom is 0.339 e. The molecule has 0 unspecified atom stereocenters. The van der Waals surface area contributed by atoms with Gasteiger partial charge in [-0.3, -0.25) is 10.1 Å². The fraction of sp³-hybridized carbons (Fsp3) is 0.0769. The first kappa shape index (κ1) is 14.4. The van der Waals surface area contributed by atoms with Crippen LogP contribution in [0.15, 0.2) is 36.5 Å². The molecule has 108 valence electrons. The Balaban J connectivity index is 2.36. The van der Waals surface area contributed by atoms with Gasteiger partial charge in [0.25, 0.3) is 0 Å². The minimum Gasteiger partial charge on any atom is -0.465 e. The summed E-state index contributed by atoms with van der Waals surface area (Å²) < 4.78 is 17.3. The van der Waals surface area contributed by atoms with Gasteiger partial charge in [-0.2, -0.15) is 0 Å². The fourth-order valence-electron chi connectivity index (χ4n) is 1.59. The molecule has 0 spiro atoms. The molecule has 1 aromatic carbocycles. The third kappa shape index (κ3) is 3.30. The summed E-state index contributed by atoms with van der Waals surface area (Å²) in [4.78, 5) is 25.6. The normalized spacial score (nSPS) is 10.0. The highest BCUT2D eigenvalue weighted by molar-refractivity contribution is 5.90. The maximum atomic E-state index is 12.8. The van der Waals surface area contributed by atoms with E-state index in [4.69, 9.17) is 0 Å². The zero-order valence-electron chi connectivity index (χ0n) is 10.9. The average Bonchev–Trinajstić information content (AvgIpc) is 2.49. The van der Waals surface area contributed by atoms with Gasteiger partial charge in [0.2, 0.25) is 5.82 Å². The van der Waals surface area contributed by atoms with Crippen LogP contribution in [0.25, 0.3) is 0 Å². The van der Waals surface area contributed by atoms with Crippen LogP contribution in [0.2, 0.25) is 0 Å². The summed E-state index contributed by atoms with van der Waals surface area (Å²) in [7, 11) is 1.17. The number of anilines is 2. The van der Waals surface area contributed by atoms with Gasteiger partial charge in [-0.15, -0.1) is 0 Å². The lowest BCUT2D eigenvalue weighted by Gasteiger charge is -2.07. The van der Waals surface area contributed by atoms with Crippen molar-refractivity contribution in [3.63, 3.8) is 0 Å². The molecule has 1 heterocycles. The van der Waals surface area contributed by atoms with Gasteiger partial charge in [0.1, 0.15) is 5.82 Å². The Kier molecular flexibility index (Phi) is 4.07. The molecule has 1 N–H and O–H groups in total. The largest absolute Gasteiger partial charge is 0.465 e. The van der Waals surface area contributed by atoms with E-state index in [0.29, 0.717) is 5.69 Å². The number of halogens is 1. The number of esters is 1. The van der Waals surface area contributed by atoms with Crippen molar-refractivity contribution in [1.29, 1.82) is 0 Å². The summed E-state index contributed by atoms with van der Waals surface area (Å²) in [5, 5.41) is 13.7. The van der Waals surface area contributed by atoms with Crippen LogP contribution < -0.4 is 5.32 Å². The molecule has 2 aromatic rings. The molecule has 0 amide bonds. The molecule has 0 aliphatic heterocycles. The number of methoxy groups -OCH3 is 1. The molecule has 0 atom stereocenters. The molecule has 1 aromatic heterocycles. The van der Waals surface area contributed by atoms with Crippen molar-refractivity contribution < 1.29 is 18.8 Å². The molecular formula is C13H10FN3O4. The molecule has 21 heavy (non-hydrogen) atoms. The molecule has 8 heteroatoms. The van der Waals surface area contributed by atoms with Crippen molar-refractivity contribution in [2.24, 2.45) is 0 Å². The highest BCUT2D eigenvalue weighted by atomic mass is 19.1. The number of rotatable bonds is 4. The summed E-state index contributed by atoms with van der Waals surface area (Å²) in [6.07, 6.45) is 1.16. The van der Waals surface area contributed by atoms with E-state index in [9.17, 15) is 19.3 Å². The van der Waals surface area contributed by atoms with Crippen molar-refractivity contribution in [2.45, 2.75) is 0 Å². The first-order valence-corrected chi connectivity index (χ1v) is 5.76. The summed E-state index contributed by atoms with van der Waals surface area (Å²) >= 11 is 0. The number of hydrogen-bond acceptors (Lipinski definition) is 6. The van der Waals surface area contributed by atoms with E-state index in [1.165, 1.54) is 31.4 Å². The van der Waals surface area contributed by atoms with Crippen molar-refractivity contribution in [3.8, 4) is 0 Å². The van der Waals surface area contributed by atoms with Crippen molar-refractivity contribution in [2.75, 3.05) is 12.4 Å². The number of nitrogens with one attached hydrogen (secondary N) is 1. The minimum absolute atomic E-state index is 0.0335. The second-order valence-electron chi connectivity index (χ2n) is 3.97. The Morgan fingerprint density at radius 3 is 2.62 bits per heavy atom. The Morgan fingerprint density at radius 2 is 2.05 bits per heavy atom. The zero-order chi connectivity index (χ0) is 15.4. The quantitative estimate of drug-likeness (QED) is 0.528. The van der Waals surface area contributed by atoms with E-state index in [-0.39, 0.29) is 17.1 Å². The molecule has 0 radical (unpaired) electrons. The Bertz CT molecular complexity index is 688. The Hall–Kier alpha value is -3.03. The highest BCUT2D eigenvalue weighted by Gasteiger charge is 2.19. The van der Waals surface area contributed by atoms with Crippen LogP contribution in [0.4, 0.5) is 21.6 Å². The van der Waals surface area contributed by atoms with Crippen LogP contribution in [0.3, 0.4) is 0 Å². The van der Waals surface area contributed by atoms with Crippen LogP contribution in [0, 0.1) is 15.9 Å². The number of aromatic nitrogens is 1. The van der Waals surface area contributed by atoms with Gasteiger partial charge in [-0.25, -0.2) is 14.2 Å². The highest BCUT2D eigenvalue weighted by Crippen LogP contribution is 2.26. The maximum absolute atomic E-state index is 12.8. The van der Waals surface area contributed by atoms with Gasteiger partial charge in [0.05, 0.1) is 17.6 Å². The number of pyridine rings is 1. The summed E-state index contributed by atoms with van der Waals surface area (Å²) in [5.74, 6) is -1.21. The lowest BCUT2D eigenvalue weighted by Crippen LogP contribution is -2.06. The molecule has 0 saturated heterocycles. The molecule has 7 nitrogen and oxygen atoms in total. The zero-order valence-corrected chi connectivity index (χ0v) is 10.9. The topological polar surface area (TPSA) is 94.4 Å². The van der Waals surface area contributed by atoms with Gasteiger partial charge in [-0.05, 0) is 24.3 Å². The average molecular weight is 291 g/mol. The monoisotopic (exact) mass is 291 g/mol. The van der Waals surface area contributed by atoms with Gasteiger partial charge in [-0.1, -0.05) is 0 Å². The molecular weight excluding hydrogens is 281 g/mol. The molecule has 0 bridgehead atoms. The predicted molar refractivity (Wildman–Crippen MR) is 71.9 cm³/mol. The fourth-order valence-corrected chi connectivity index (χ4v) is 1.59. The number of ether oxygens (including phenoxy) is 1. The summed E-state index contributed by atoms with van der Waals surface area (Å²) in [6.45, 7) is 0. The van der Waals surface area contributed by atoms with E-state index in [0.717, 1.165) is 12.3 Å². The smallest absolute Gasteiger partial charge is 0.339 e. The van der Waals surface area contributed by atoms with Gasteiger partial charge in [0.15, 0.2) is 0 Å². The SMILES string of the molecule is COC(=O)c1cnc(Nc2ccc(F)cc2)c([N+](=O)[O-])c1. The minimum atomic E-state index is -0.723. The standard InChI is InChI=1S/C13H10FN3O4/c1-21-13(18)8-6-11(17(19)20)12(15-7-8)16-10-4-2-9(14)3-5-10/h2-7H,1H3,(H,15,16). The van der Waals surface area contributed by atoms with Gasteiger partial charge >= 0.3 is 11.7 Å². The van der Waals surface area contributed by atoms with Gasteiger partial charge in [0, 0.05) is 18.0 Å². The molecule has 0 saturated carbocycles. The molecule has 2 rings (SSSR count). The molecule has 0 fully saturated rings. The number of hydrogen-bond donors (Lipinski definition) is 1. The van der Waals surface area contributed by atoms with Gasteiger partial charge < -0.3 is 10.1 Å². The van der Waals surface area contributed by atoms with Crippen LogP contribution in [-0.4, -0.2) is 23.0 Å². The van der Waals surface area contributed by atoms with Crippen molar-refractivity contribution >= 4 is 23.2 Å². The number of nitrogens with zero attached hydrogens (tertiary/aromatic N) is 2. The van der Waals surface area contributed by atoms with Crippen molar-refractivity contribution in [3.05, 3.63) is 58.0 Å². The van der Waals surface area contributed by atoms with E-state index < -0.39 is 16.7 Å². The van der Waals surface area contributed by atoms with Crippen LogP contribution in [0.1, 0.15) is 10.4 Å². The first-order chi connectivity index (χ1) is 10.0. The molecule has 0 aliphatic carbocycles. The van der Waals surface area contributed by atoms with Crippen LogP contribution >= 0.6 is 0 Å². The van der Waals surface area contributed by atoms with Crippen LogP contribution in [-0.2, 0) is 4.74 Å². The van der Waals surface area contributed by atoms with E-state index in [1.807, 2.05) is 0 Å². The lowest BCUT2D eigenvalue weighted by molar-refractivity contribution is -0.384. The van der Waals surface area contributed by atoms with E-state index in [1.54, 1.807) is 0 Å². The number of benzene rings is 1. The predicted octanol–water partition coefficient (Wildman–Crippen LogP) is 2.66. The third-order valence-electron chi connectivity index (χ3n) is 2.59. The van der Waals surface area contributed by atoms with E-state index >= 15 is 0 Å². The summed E-state index contributed by atoms with van der Waals surface area (Å²) in [6, 6.07) is 6.29. The third-order valence-corrected chi connectivity index (χ3v) is 2.59. The molecule has 0 aliphatic rings.